The molecular formula is C14H27N3O. The molecule has 1 amide bonds. The molecule has 1 N–H and O–H groups in total. The van der Waals surface area contributed by atoms with Gasteiger partial charge in [-0.15, -0.1) is 0 Å². The lowest BCUT2D eigenvalue weighted by Gasteiger charge is -2.39. The number of nitrogens with one attached hydrogen (secondary N) is 1. The van der Waals surface area contributed by atoms with E-state index >= 15 is 0 Å². The van der Waals surface area contributed by atoms with E-state index in [1.54, 1.807) is 0 Å². The van der Waals surface area contributed by atoms with E-state index in [1.165, 1.54) is 19.4 Å². The van der Waals surface area contributed by atoms with Crippen LogP contribution in [0.3, 0.4) is 0 Å². The van der Waals surface area contributed by atoms with Gasteiger partial charge in [-0.1, -0.05) is 13.8 Å². The molecule has 0 radical (unpaired) electrons. The maximum absolute atomic E-state index is 12.6. The fourth-order valence-corrected chi connectivity index (χ4v) is 3.25. The number of hydrogen-bond donors (Lipinski definition) is 1. The summed E-state index contributed by atoms with van der Waals surface area (Å²) in [5.74, 6) is 0.889. The van der Waals surface area contributed by atoms with E-state index in [1.807, 2.05) is 7.05 Å². The Balaban J connectivity index is 1.95. The molecule has 18 heavy (non-hydrogen) atoms. The maximum atomic E-state index is 12.6. The van der Waals surface area contributed by atoms with Crippen LogP contribution in [0.1, 0.15) is 26.7 Å². The smallest absolute Gasteiger partial charge is 0.227 e. The highest BCUT2D eigenvalue weighted by Crippen LogP contribution is 2.23. The third kappa shape index (κ3) is 2.86. The zero-order valence-corrected chi connectivity index (χ0v) is 12.0. The van der Waals surface area contributed by atoms with Crippen LogP contribution in [-0.4, -0.2) is 61.5 Å². The standard InChI is InChI=1S/C14H27N3O/c1-11(2)13(9-15-3)14(18)17-8-7-16-6-4-5-12(16)10-17/h11-13,15H,4-10H2,1-3H3. The quantitative estimate of drug-likeness (QED) is 0.804. The van der Waals surface area contributed by atoms with Crippen molar-refractivity contribution in [2.45, 2.75) is 32.7 Å². The summed E-state index contributed by atoms with van der Waals surface area (Å²) >= 11 is 0. The fourth-order valence-electron chi connectivity index (χ4n) is 3.25. The summed E-state index contributed by atoms with van der Waals surface area (Å²) in [5, 5.41) is 3.16. The third-order valence-electron chi connectivity index (χ3n) is 4.44. The minimum Gasteiger partial charge on any atom is -0.340 e. The zero-order valence-electron chi connectivity index (χ0n) is 12.0. The molecule has 2 fully saturated rings. The van der Waals surface area contributed by atoms with Gasteiger partial charge in [-0.05, 0) is 32.4 Å². The number of piperazine rings is 1. The van der Waals surface area contributed by atoms with Gasteiger partial charge in [-0.25, -0.2) is 0 Å². The van der Waals surface area contributed by atoms with Gasteiger partial charge in [0.15, 0.2) is 0 Å². The molecule has 0 aliphatic carbocycles. The lowest BCUT2D eigenvalue weighted by atomic mass is 9.93. The van der Waals surface area contributed by atoms with Crippen molar-refractivity contribution in [2.24, 2.45) is 11.8 Å². The fraction of sp³-hybridized carbons (Fsp3) is 0.929. The average Bonchev–Trinajstić information content (AvgIpc) is 2.81. The summed E-state index contributed by atoms with van der Waals surface area (Å²) < 4.78 is 0. The second kappa shape index (κ2) is 6.02. The normalized spacial score (nSPS) is 26.4. The third-order valence-corrected chi connectivity index (χ3v) is 4.44. The Labute approximate surface area is 111 Å². The molecule has 0 spiro atoms. The van der Waals surface area contributed by atoms with Crippen LogP contribution in [0.15, 0.2) is 0 Å². The Hall–Kier alpha value is -0.610. The van der Waals surface area contributed by atoms with E-state index < -0.39 is 0 Å². The average molecular weight is 253 g/mol. The van der Waals surface area contributed by atoms with Crippen molar-refractivity contribution < 1.29 is 4.79 Å². The highest BCUT2D eigenvalue weighted by atomic mass is 16.2. The lowest BCUT2D eigenvalue weighted by Crippen LogP contribution is -2.54. The first-order valence-electron chi connectivity index (χ1n) is 7.31. The topological polar surface area (TPSA) is 35.6 Å². The summed E-state index contributed by atoms with van der Waals surface area (Å²) in [6, 6.07) is 0.630. The molecule has 2 saturated heterocycles. The molecule has 0 aromatic carbocycles. The van der Waals surface area contributed by atoms with Gasteiger partial charge in [0.05, 0.1) is 5.92 Å². The van der Waals surface area contributed by atoms with Gasteiger partial charge in [0.2, 0.25) is 5.91 Å². The van der Waals surface area contributed by atoms with Crippen molar-refractivity contribution in [1.82, 2.24) is 15.1 Å². The predicted octanol–water partition coefficient (Wildman–Crippen LogP) is 0.785. The lowest BCUT2D eigenvalue weighted by molar-refractivity contribution is -0.139. The molecule has 0 saturated carbocycles. The maximum Gasteiger partial charge on any atom is 0.227 e. The van der Waals surface area contributed by atoms with Gasteiger partial charge in [0, 0.05) is 32.2 Å². The molecule has 2 aliphatic heterocycles. The Morgan fingerprint density at radius 2 is 2.11 bits per heavy atom. The van der Waals surface area contributed by atoms with E-state index in [2.05, 4.69) is 29.0 Å². The van der Waals surface area contributed by atoms with Gasteiger partial charge in [-0.3, -0.25) is 9.69 Å². The number of rotatable bonds is 4. The molecule has 4 heteroatoms. The summed E-state index contributed by atoms with van der Waals surface area (Å²) in [5.41, 5.74) is 0. The summed E-state index contributed by atoms with van der Waals surface area (Å²) in [6.45, 7) is 9.25. The summed E-state index contributed by atoms with van der Waals surface area (Å²) in [4.78, 5) is 17.2. The van der Waals surface area contributed by atoms with Crippen molar-refractivity contribution in [3.63, 3.8) is 0 Å². The molecule has 0 aromatic heterocycles. The van der Waals surface area contributed by atoms with E-state index in [4.69, 9.17) is 0 Å². The van der Waals surface area contributed by atoms with Crippen molar-refractivity contribution in [3.8, 4) is 0 Å². The highest BCUT2D eigenvalue weighted by Gasteiger charge is 2.35. The second-order valence-corrected chi connectivity index (χ2v) is 6.02. The number of amides is 1. The minimum atomic E-state index is 0.128. The molecule has 2 heterocycles. The van der Waals surface area contributed by atoms with Crippen LogP contribution in [0.5, 0.6) is 0 Å². The van der Waals surface area contributed by atoms with Crippen LogP contribution < -0.4 is 5.32 Å². The van der Waals surface area contributed by atoms with Crippen molar-refractivity contribution in [2.75, 3.05) is 39.8 Å². The number of fused-ring (bicyclic) bond motifs is 1. The van der Waals surface area contributed by atoms with Crippen LogP contribution in [0, 0.1) is 11.8 Å². The van der Waals surface area contributed by atoms with Gasteiger partial charge >= 0.3 is 0 Å². The number of nitrogens with zero attached hydrogens (tertiary/aromatic N) is 2. The minimum absolute atomic E-state index is 0.128. The van der Waals surface area contributed by atoms with Crippen LogP contribution >= 0.6 is 0 Å². The van der Waals surface area contributed by atoms with Gasteiger partial charge in [-0.2, -0.15) is 0 Å². The monoisotopic (exact) mass is 253 g/mol. The van der Waals surface area contributed by atoms with E-state index in [-0.39, 0.29) is 5.92 Å². The highest BCUT2D eigenvalue weighted by molar-refractivity contribution is 5.79. The largest absolute Gasteiger partial charge is 0.340 e. The molecule has 2 atom stereocenters. The van der Waals surface area contributed by atoms with E-state index in [9.17, 15) is 4.79 Å². The number of hydrogen-bond acceptors (Lipinski definition) is 3. The summed E-state index contributed by atoms with van der Waals surface area (Å²) in [6.07, 6.45) is 2.57. The number of carbonyl (C=O) groups is 1. The van der Waals surface area contributed by atoms with Crippen LogP contribution in [0.2, 0.25) is 0 Å². The molecule has 4 nitrogen and oxygen atoms in total. The van der Waals surface area contributed by atoms with Gasteiger partial charge in [0.25, 0.3) is 0 Å². The summed E-state index contributed by atoms with van der Waals surface area (Å²) in [7, 11) is 1.93. The molecular weight excluding hydrogens is 226 g/mol. The van der Waals surface area contributed by atoms with Gasteiger partial charge < -0.3 is 10.2 Å². The van der Waals surface area contributed by atoms with Crippen LogP contribution in [0.4, 0.5) is 0 Å². The SMILES string of the molecule is CNCC(C(=O)N1CCN2CCCC2C1)C(C)C. The van der Waals surface area contributed by atoms with Crippen molar-refractivity contribution in [1.29, 1.82) is 0 Å². The predicted molar refractivity (Wildman–Crippen MR) is 73.4 cm³/mol. The van der Waals surface area contributed by atoms with Crippen molar-refractivity contribution in [3.05, 3.63) is 0 Å². The Kier molecular flexibility index (Phi) is 4.62. The first kappa shape index (κ1) is 13.8. The Morgan fingerprint density at radius 3 is 2.78 bits per heavy atom. The van der Waals surface area contributed by atoms with E-state index in [0.717, 1.165) is 26.2 Å². The Bertz CT molecular complexity index is 293. The number of carbonyl (C=O) groups excluding carboxylic acids is 1. The molecule has 0 aromatic rings. The molecule has 2 rings (SSSR count). The molecule has 2 unspecified atom stereocenters. The molecule has 0 bridgehead atoms. The van der Waals surface area contributed by atoms with Gasteiger partial charge in [0.1, 0.15) is 0 Å². The first-order chi connectivity index (χ1) is 8.63. The van der Waals surface area contributed by atoms with Crippen LogP contribution in [-0.2, 0) is 4.79 Å². The van der Waals surface area contributed by atoms with Crippen LogP contribution in [0.25, 0.3) is 0 Å². The van der Waals surface area contributed by atoms with E-state index in [0.29, 0.717) is 17.9 Å². The van der Waals surface area contributed by atoms with Crippen molar-refractivity contribution >= 4 is 5.91 Å². The first-order valence-corrected chi connectivity index (χ1v) is 7.31. The zero-order chi connectivity index (χ0) is 13.1. The molecule has 104 valence electrons. The Morgan fingerprint density at radius 1 is 1.33 bits per heavy atom. The molecule has 2 aliphatic rings. The second-order valence-electron chi connectivity index (χ2n) is 6.02.